The van der Waals surface area contributed by atoms with Crippen molar-refractivity contribution in [3.05, 3.63) is 39.1 Å². The predicted molar refractivity (Wildman–Crippen MR) is 76.3 cm³/mol. The van der Waals surface area contributed by atoms with Crippen LogP contribution in [0.15, 0.2) is 22.7 Å². The van der Waals surface area contributed by atoms with Gasteiger partial charge in [0.1, 0.15) is 15.7 Å². The van der Waals surface area contributed by atoms with Gasteiger partial charge in [0.2, 0.25) is 0 Å². The number of aromatic nitrogens is 1. The third-order valence-electron chi connectivity index (χ3n) is 2.56. The first-order valence-corrected chi connectivity index (χ1v) is 7.20. The molecule has 0 unspecified atom stereocenters. The van der Waals surface area contributed by atoms with E-state index in [1.165, 1.54) is 6.07 Å². The second-order valence-electron chi connectivity index (χ2n) is 4.32. The van der Waals surface area contributed by atoms with Crippen molar-refractivity contribution in [3.8, 4) is 10.6 Å². The van der Waals surface area contributed by atoms with Gasteiger partial charge in [-0.2, -0.15) is 0 Å². The molecule has 2 aromatic rings. The first-order valence-electron chi connectivity index (χ1n) is 5.59. The highest BCUT2D eigenvalue weighted by Gasteiger charge is 2.20. The van der Waals surface area contributed by atoms with E-state index in [1.54, 1.807) is 12.1 Å². The number of nitrogens with zero attached hydrogens (tertiary/aromatic N) is 1. The number of carbonyl (C=O) groups is 1. The summed E-state index contributed by atoms with van der Waals surface area (Å²) in [5, 5.41) is 9.76. The largest absolute Gasteiger partial charge is 0.477 e. The van der Waals surface area contributed by atoms with Crippen molar-refractivity contribution in [2.24, 2.45) is 0 Å². The average molecular weight is 344 g/mol. The summed E-state index contributed by atoms with van der Waals surface area (Å²) in [5.41, 5.74) is 1.26. The summed E-state index contributed by atoms with van der Waals surface area (Å²) in [6.45, 7) is 3.79. The second kappa shape index (κ2) is 5.38. The predicted octanol–water partition coefficient (Wildman–Crippen LogP) is 4.53. The lowest BCUT2D eigenvalue weighted by atomic mass is 10.1. The third-order valence-corrected chi connectivity index (χ3v) is 4.28. The van der Waals surface area contributed by atoms with E-state index in [-0.39, 0.29) is 16.6 Å². The van der Waals surface area contributed by atoms with Crippen LogP contribution >= 0.6 is 27.3 Å². The van der Waals surface area contributed by atoms with E-state index in [1.807, 2.05) is 13.8 Å². The van der Waals surface area contributed by atoms with E-state index >= 15 is 0 Å². The zero-order valence-electron chi connectivity index (χ0n) is 10.3. The monoisotopic (exact) mass is 343 g/mol. The fourth-order valence-electron chi connectivity index (χ4n) is 1.63. The highest BCUT2D eigenvalue weighted by molar-refractivity contribution is 9.10. The average Bonchev–Trinajstić information content (AvgIpc) is 2.78. The Hall–Kier alpha value is -1.27. The van der Waals surface area contributed by atoms with Gasteiger partial charge in [0.15, 0.2) is 0 Å². The molecule has 19 heavy (non-hydrogen) atoms. The number of hydrogen-bond acceptors (Lipinski definition) is 3. The molecule has 1 N–H and O–H groups in total. The Labute approximate surface area is 122 Å². The lowest BCUT2D eigenvalue weighted by Crippen LogP contribution is -2.00. The molecule has 0 spiro atoms. The molecule has 0 aliphatic rings. The van der Waals surface area contributed by atoms with Crippen LogP contribution < -0.4 is 0 Å². The molecule has 0 radical (unpaired) electrons. The maximum Gasteiger partial charge on any atom is 0.347 e. The quantitative estimate of drug-likeness (QED) is 0.890. The molecule has 6 heteroatoms. The van der Waals surface area contributed by atoms with Crippen molar-refractivity contribution in [3.63, 3.8) is 0 Å². The Kier molecular flexibility index (Phi) is 4.01. The first-order chi connectivity index (χ1) is 8.90. The molecule has 0 aliphatic carbocycles. The minimum absolute atomic E-state index is 0.0278. The van der Waals surface area contributed by atoms with Crippen molar-refractivity contribution in [2.45, 2.75) is 19.8 Å². The molecule has 3 nitrogen and oxygen atoms in total. The fraction of sp³-hybridized carbons (Fsp3) is 0.231. The lowest BCUT2D eigenvalue weighted by Gasteiger charge is -2.01. The number of hydrogen-bond donors (Lipinski definition) is 1. The van der Waals surface area contributed by atoms with Crippen LogP contribution in [-0.2, 0) is 0 Å². The van der Waals surface area contributed by atoms with Gasteiger partial charge in [-0.25, -0.2) is 14.2 Å². The fourth-order valence-corrected chi connectivity index (χ4v) is 3.06. The maximum absolute atomic E-state index is 13.2. The van der Waals surface area contributed by atoms with Crippen LogP contribution in [0.1, 0.15) is 35.1 Å². The van der Waals surface area contributed by atoms with Crippen molar-refractivity contribution in [1.82, 2.24) is 4.98 Å². The minimum Gasteiger partial charge on any atom is -0.477 e. The molecule has 2 rings (SSSR count). The van der Waals surface area contributed by atoms with Gasteiger partial charge >= 0.3 is 5.97 Å². The Balaban J connectivity index is 2.54. The van der Waals surface area contributed by atoms with Gasteiger partial charge in [0.05, 0.1) is 10.2 Å². The summed E-state index contributed by atoms with van der Waals surface area (Å²) >= 11 is 4.22. The number of halogens is 2. The maximum atomic E-state index is 13.2. The molecule has 0 saturated carbocycles. The lowest BCUT2D eigenvalue weighted by molar-refractivity contribution is 0.0700. The molecule has 1 aromatic heterocycles. The van der Waals surface area contributed by atoms with Crippen molar-refractivity contribution >= 4 is 33.2 Å². The molecule has 0 atom stereocenters. The third kappa shape index (κ3) is 2.84. The smallest absolute Gasteiger partial charge is 0.347 e. The van der Waals surface area contributed by atoms with Crippen LogP contribution in [0.4, 0.5) is 4.39 Å². The zero-order valence-corrected chi connectivity index (χ0v) is 12.7. The summed E-state index contributed by atoms with van der Waals surface area (Å²) in [5.74, 6) is -1.31. The van der Waals surface area contributed by atoms with Crippen molar-refractivity contribution < 1.29 is 14.3 Å². The van der Waals surface area contributed by atoms with Gasteiger partial charge in [-0.1, -0.05) is 13.8 Å². The number of carboxylic acid groups (broad SMARTS) is 1. The molecule has 0 amide bonds. The van der Waals surface area contributed by atoms with Crippen LogP contribution in [0, 0.1) is 5.82 Å². The van der Waals surface area contributed by atoms with E-state index < -0.39 is 5.97 Å². The summed E-state index contributed by atoms with van der Waals surface area (Å²) in [6.07, 6.45) is 0. The normalized spacial score (nSPS) is 11.0. The Morgan fingerprint density at radius 2 is 2.16 bits per heavy atom. The summed E-state index contributed by atoms with van der Waals surface area (Å²) in [4.78, 5) is 15.8. The van der Waals surface area contributed by atoms with Gasteiger partial charge in [-0.15, -0.1) is 11.3 Å². The van der Waals surface area contributed by atoms with Crippen LogP contribution in [0.25, 0.3) is 10.6 Å². The SMILES string of the molecule is CC(C)c1nc(-c2ccc(F)c(Br)c2)sc1C(=O)O. The Morgan fingerprint density at radius 3 is 2.63 bits per heavy atom. The van der Waals surface area contributed by atoms with Gasteiger partial charge < -0.3 is 5.11 Å². The highest BCUT2D eigenvalue weighted by Crippen LogP contribution is 2.33. The van der Waals surface area contributed by atoms with E-state index in [9.17, 15) is 14.3 Å². The van der Waals surface area contributed by atoms with Gasteiger partial charge in [0, 0.05) is 5.56 Å². The number of carboxylic acids is 1. The van der Waals surface area contributed by atoms with E-state index in [0.29, 0.717) is 20.7 Å². The Morgan fingerprint density at radius 1 is 1.47 bits per heavy atom. The molecule has 1 aromatic carbocycles. The molecular weight excluding hydrogens is 333 g/mol. The Bertz CT molecular complexity index is 640. The zero-order chi connectivity index (χ0) is 14.2. The number of aromatic carboxylic acids is 1. The van der Waals surface area contributed by atoms with Crippen LogP contribution in [-0.4, -0.2) is 16.1 Å². The van der Waals surface area contributed by atoms with Crippen LogP contribution in [0.2, 0.25) is 0 Å². The molecule has 0 fully saturated rings. The summed E-state index contributed by atoms with van der Waals surface area (Å²) < 4.78 is 13.5. The molecule has 0 aliphatic heterocycles. The van der Waals surface area contributed by atoms with Gasteiger partial charge in [-0.3, -0.25) is 0 Å². The topological polar surface area (TPSA) is 50.2 Å². The number of rotatable bonds is 3. The van der Waals surface area contributed by atoms with Gasteiger partial charge in [-0.05, 0) is 40.0 Å². The van der Waals surface area contributed by atoms with Crippen molar-refractivity contribution in [2.75, 3.05) is 0 Å². The molecule has 0 saturated heterocycles. The van der Waals surface area contributed by atoms with Gasteiger partial charge in [0.25, 0.3) is 0 Å². The minimum atomic E-state index is -0.978. The first kappa shape index (κ1) is 14.1. The standard InChI is InChI=1S/C13H11BrFNO2S/c1-6(2)10-11(13(17)18)19-12(16-10)7-3-4-9(15)8(14)5-7/h3-6H,1-2H3,(H,17,18). The highest BCUT2D eigenvalue weighted by atomic mass is 79.9. The number of benzene rings is 1. The molecule has 0 bridgehead atoms. The van der Waals surface area contributed by atoms with Crippen LogP contribution in [0.5, 0.6) is 0 Å². The molecular formula is C13H11BrFNO2S. The van der Waals surface area contributed by atoms with E-state index in [4.69, 9.17) is 0 Å². The number of thiazole rings is 1. The van der Waals surface area contributed by atoms with Crippen molar-refractivity contribution in [1.29, 1.82) is 0 Å². The summed E-state index contributed by atoms with van der Waals surface area (Å²) in [7, 11) is 0. The van der Waals surface area contributed by atoms with E-state index in [0.717, 1.165) is 11.3 Å². The second-order valence-corrected chi connectivity index (χ2v) is 6.18. The van der Waals surface area contributed by atoms with Crippen LogP contribution in [0.3, 0.4) is 0 Å². The molecule has 1 heterocycles. The summed E-state index contributed by atoms with van der Waals surface area (Å²) in [6, 6.07) is 4.52. The molecule has 100 valence electrons. The van der Waals surface area contributed by atoms with E-state index in [2.05, 4.69) is 20.9 Å².